The van der Waals surface area contributed by atoms with E-state index in [-0.39, 0.29) is 17.4 Å². The van der Waals surface area contributed by atoms with Gasteiger partial charge in [0.15, 0.2) is 5.78 Å². The van der Waals surface area contributed by atoms with Crippen LogP contribution in [0, 0.1) is 0 Å². The van der Waals surface area contributed by atoms with E-state index in [4.69, 9.17) is 0 Å². The second-order valence-corrected chi connectivity index (χ2v) is 3.59. The number of rotatable bonds is 3. The Kier molecular flexibility index (Phi) is 2.72. The minimum Gasteiger partial charge on any atom is -0.493 e. The topological polar surface area (TPSA) is 55.1 Å². The predicted molar refractivity (Wildman–Crippen MR) is 59.4 cm³/mol. The van der Waals surface area contributed by atoms with E-state index in [0.29, 0.717) is 6.54 Å². The van der Waals surface area contributed by atoms with Crippen LogP contribution in [0.1, 0.15) is 23.0 Å². The van der Waals surface area contributed by atoms with Crippen molar-refractivity contribution in [2.75, 3.05) is 0 Å². The first-order valence-electron chi connectivity index (χ1n) is 4.98. The van der Waals surface area contributed by atoms with Crippen LogP contribution in [0.5, 0.6) is 5.88 Å². The number of nitrogens with zero attached hydrogens (tertiary/aromatic N) is 2. The van der Waals surface area contributed by atoms with Crippen molar-refractivity contribution in [3.8, 4) is 5.88 Å². The average Bonchev–Trinajstić information content (AvgIpc) is 2.62. The number of hydrogen-bond donors (Lipinski definition) is 1. The summed E-state index contributed by atoms with van der Waals surface area (Å²) in [5.74, 6) is -0.142. The van der Waals surface area contributed by atoms with Gasteiger partial charge in [-0.25, -0.2) is 4.68 Å². The SMILES string of the molecule is CC(=O)c1cc(O)n(Cc2ccccc2)n1. The molecule has 1 aromatic heterocycles. The van der Waals surface area contributed by atoms with E-state index in [1.54, 1.807) is 0 Å². The van der Waals surface area contributed by atoms with Gasteiger partial charge >= 0.3 is 0 Å². The molecule has 0 unspecified atom stereocenters. The molecule has 0 amide bonds. The van der Waals surface area contributed by atoms with E-state index in [2.05, 4.69) is 5.10 Å². The van der Waals surface area contributed by atoms with Crippen LogP contribution in [0.4, 0.5) is 0 Å². The van der Waals surface area contributed by atoms with Crippen molar-refractivity contribution >= 4 is 5.78 Å². The van der Waals surface area contributed by atoms with Crippen molar-refractivity contribution in [2.45, 2.75) is 13.5 Å². The van der Waals surface area contributed by atoms with Gasteiger partial charge in [-0.2, -0.15) is 5.10 Å². The monoisotopic (exact) mass is 216 g/mol. The molecule has 1 heterocycles. The molecule has 0 aliphatic carbocycles. The molecule has 2 rings (SSSR count). The Labute approximate surface area is 93.1 Å². The van der Waals surface area contributed by atoms with E-state index in [9.17, 15) is 9.90 Å². The molecule has 82 valence electrons. The molecule has 0 atom stereocenters. The van der Waals surface area contributed by atoms with E-state index in [1.165, 1.54) is 17.7 Å². The van der Waals surface area contributed by atoms with Gasteiger partial charge in [-0.1, -0.05) is 30.3 Å². The zero-order valence-corrected chi connectivity index (χ0v) is 8.92. The molecule has 0 saturated carbocycles. The summed E-state index contributed by atoms with van der Waals surface area (Å²) < 4.78 is 1.41. The van der Waals surface area contributed by atoms with Crippen LogP contribution >= 0.6 is 0 Å². The zero-order valence-electron chi connectivity index (χ0n) is 8.92. The molecule has 0 fully saturated rings. The Morgan fingerprint density at radius 2 is 2.06 bits per heavy atom. The number of benzene rings is 1. The Hall–Kier alpha value is -2.10. The van der Waals surface area contributed by atoms with Gasteiger partial charge in [0.2, 0.25) is 5.88 Å². The fourth-order valence-electron chi connectivity index (χ4n) is 1.45. The van der Waals surface area contributed by atoms with Crippen molar-refractivity contribution < 1.29 is 9.90 Å². The molecule has 1 aromatic carbocycles. The number of aromatic hydroxyl groups is 1. The standard InChI is InChI=1S/C12H12N2O2/c1-9(15)11-7-12(16)14(13-11)8-10-5-3-2-4-6-10/h2-7,16H,8H2,1H3. The van der Waals surface area contributed by atoms with Gasteiger partial charge in [0.05, 0.1) is 6.54 Å². The summed E-state index contributed by atoms with van der Waals surface area (Å²) >= 11 is 0. The molecule has 0 radical (unpaired) electrons. The van der Waals surface area contributed by atoms with E-state index < -0.39 is 0 Å². The summed E-state index contributed by atoms with van der Waals surface area (Å²) in [6.45, 7) is 1.88. The summed E-state index contributed by atoms with van der Waals surface area (Å²) in [7, 11) is 0. The maximum atomic E-state index is 11.1. The molecule has 0 aliphatic rings. The molecule has 0 saturated heterocycles. The third-order valence-corrected chi connectivity index (χ3v) is 2.29. The van der Waals surface area contributed by atoms with Crippen molar-refractivity contribution in [1.29, 1.82) is 0 Å². The molecule has 4 heteroatoms. The summed E-state index contributed by atoms with van der Waals surface area (Å²) in [5.41, 5.74) is 1.31. The summed E-state index contributed by atoms with van der Waals surface area (Å²) in [5, 5.41) is 13.6. The quantitative estimate of drug-likeness (QED) is 0.796. The smallest absolute Gasteiger partial charge is 0.210 e. The summed E-state index contributed by atoms with van der Waals surface area (Å²) in [4.78, 5) is 11.1. The minimum atomic E-state index is -0.151. The lowest BCUT2D eigenvalue weighted by Gasteiger charge is -2.02. The molecular weight excluding hydrogens is 204 g/mol. The highest BCUT2D eigenvalue weighted by molar-refractivity contribution is 5.92. The second-order valence-electron chi connectivity index (χ2n) is 3.59. The molecule has 4 nitrogen and oxygen atoms in total. The Balaban J connectivity index is 2.25. The third kappa shape index (κ3) is 2.11. The van der Waals surface area contributed by atoms with Crippen molar-refractivity contribution in [3.63, 3.8) is 0 Å². The highest BCUT2D eigenvalue weighted by atomic mass is 16.3. The summed E-state index contributed by atoms with van der Waals surface area (Å²) in [6, 6.07) is 11.0. The number of aromatic nitrogens is 2. The van der Waals surface area contributed by atoms with Crippen molar-refractivity contribution in [3.05, 3.63) is 47.7 Å². The van der Waals surface area contributed by atoms with E-state index >= 15 is 0 Å². The normalized spacial score (nSPS) is 10.3. The van der Waals surface area contributed by atoms with Gasteiger partial charge in [0, 0.05) is 13.0 Å². The maximum Gasteiger partial charge on any atom is 0.210 e. The van der Waals surface area contributed by atoms with Gasteiger partial charge in [0.1, 0.15) is 5.69 Å². The fourth-order valence-corrected chi connectivity index (χ4v) is 1.45. The van der Waals surface area contributed by atoms with Crippen molar-refractivity contribution in [2.24, 2.45) is 0 Å². The molecule has 0 spiro atoms. The lowest BCUT2D eigenvalue weighted by atomic mass is 10.2. The molecule has 0 bridgehead atoms. The highest BCUT2D eigenvalue weighted by Crippen LogP contribution is 2.14. The number of carbonyl (C=O) groups excluding carboxylic acids is 1. The van der Waals surface area contributed by atoms with E-state index in [1.807, 2.05) is 30.3 Å². The van der Waals surface area contributed by atoms with Gasteiger partial charge in [-0.3, -0.25) is 4.79 Å². The van der Waals surface area contributed by atoms with Crippen LogP contribution < -0.4 is 0 Å². The first kappa shape index (κ1) is 10.4. The van der Waals surface area contributed by atoms with Crippen LogP contribution in [0.3, 0.4) is 0 Å². The first-order chi connectivity index (χ1) is 7.66. The number of hydrogen-bond acceptors (Lipinski definition) is 3. The number of Topliss-reactive ketones (excluding diaryl/α,β-unsaturated/α-hetero) is 1. The fraction of sp³-hybridized carbons (Fsp3) is 0.167. The largest absolute Gasteiger partial charge is 0.493 e. The Bertz CT molecular complexity index is 503. The predicted octanol–water partition coefficient (Wildman–Crippen LogP) is 1.84. The third-order valence-electron chi connectivity index (χ3n) is 2.29. The molecular formula is C12H12N2O2. The number of carbonyl (C=O) groups is 1. The van der Waals surface area contributed by atoms with Gasteiger partial charge in [-0.15, -0.1) is 0 Å². The second kappa shape index (κ2) is 4.18. The van der Waals surface area contributed by atoms with Gasteiger partial charge in [-0.05, 0) is 5.56 Å². The van der Waals surface area contributed by atoms with Crippen LogP contribution in [0.2, 0.25) is 0 Å². The van der Waals surface area contributed by atoms with Crippen LogP contribution in [0.25, 0.3) is 0 Å². The first-order valence-corrected chi connectivity index (χ1v) is 4.98. The zero-order chi connectivity index (χ0) is 11.5. The van der Waals surface area contributed by atoms with Gasteiger partial charge in [0.25, 0.3) is 0 Å². The summed E-state index contributed by atoms with van der Waals surface area (Å²) in [6.07, 6.45) is 0. The lowest BCUT2D eigenvalue weighted by molar-refractivity contribution is 0.101. The Morgan fingerprint density at radius 1 is 1.38 bits per heavy atom. The molecule has 16 heavy (non-hydrogen) atoms. The van der Waals surface area contributed by atoms with Crippen LogP contribution in [-0.2, 0) is 6.54 Å². The average molecular weight is 216 g/mol. The Morgan fingerprint density at radius 3 is 2.62 bits per heavy atom. The number of ketones is 1. The van der Waals surface area contributed by atoms with Gasteiger partial charge < -0.3 is 5.11 Å². The minimum absolute atomic E-state index is 0.00838. The molecule has 2 aromatic rings. The maximum absolute atomic E-state index is 11.1. The van der Waals surface area contributed by atoms with Crippen LogP contribution in [0.15, 0.2) is 36.4 Å². The van der Waals surface area contributed by atoms with Crippen LogP contribution in [-0.4, -0.2) is 20.7 Å². The molecule has 0 aliphatic heterocycles. The van der Waals surface area contributed by atoms with E-state index in [0.717, 1.165) is 5.56 Å². The highest BCUT2D eigenvalue weighted by Gasteiger charge is 2.09. The lowest BCUT2D eigenvalue weighted by Crippen LogP contribution is -2.03. The van der Waals surface area contributed by atoms with Crippen molar-refractivity contribution in [1.82, 2.24) is 9.78 Å². The molecule has 1 N–H and O–H groups in total.